The zero-order valence-corrected chi connectivity index (χ0v) is 10.8. The highest BCUT2D eigenvalue weighted by Gasteiger charge is 2.21. The fourth-order valence-electron chi connectivity index (χ4n) is 2.65. The minimum absolute atomic E-state index is 0.411. The lowest BCUT2D eigenvalue weighted by atomic mass is 10.1. The van der Waals surface area contributed by atoms with E-state index in [1.807, 2.05) is 0 Å². The zero-order chi connectivity index (χ0) is 11.5. The van der Waals surface area contributed by atoms with E-state index in [1.54, 1.807) is 11.8 Å². The molecule has 2 heterocycles. The number of ether oxygens (including phenoxy) is 1. The Balaban J connectivity index is 1.52. The normalized spacial score (nSPS) is 25.8. The fourth-order valence-corrected chi connectivity index (χ4v) is 3.52. The first-order valence-corrected chi connectivity index (χ1v) is 7.57. The molecule has 0 spiro atoms. The van der Waals surface area contributed by atoms with Crippen molar-refractivity contribution in [1.82, 2.24) is 15.2 Å². The van der Waals surface area contributed by atoms with Gasteiger partial charge in [0, 0.05) is 18.3 Å². The van der Waals surface area contributed by atoms with E-state index in [-0.39, 0.29) is 0 Å². The van der Waals surface area contributed by atoms with Gasteiger partial charge < -0.3 is 4.74 Å². The van der Waals surface area contributed by atoms with Gasteiger partial charge in [-0.2, -0.15) is 0 Å². The third kappa shape index (κ3) is 2.83. The Morgan fingerprint density at radius 1 is 1.24 bits per heavy atom. The maximum Gasteiger partial charge on any atom is 0.208 e. The van der Waals surface area contributed by atoms with Crippen LogP contribution in [0.5, 0.6) is 0 Å². The van der Waals surface area contributed by atoms with Crippen LogP contribution in [0.4, 0.5) is 0 Å². The highest BCUT2D eigenvalue weighted by Crippen LogP contribution is 2.32. The standard InChI is InChI=1S/C12H19N3OS/c1-2-5-9(4-1)11-13-12(15-14-11)17-8-10-6-3-7-16-10/h9-10H,1-8H2,(H,13,14,15)/t10-/m0/s1. The maximum absolute atomic E-state index is 5.59. The smallest absolute Gasteiger partial charge is 0.208 e. The molecule has 0 unspecified atom stereocenters. The summed E-state index contributed by atoms with van der Waals surface area (Å²) in [6, 6.07) is 0. The summed E-state index contributed by atoms with van der Waals surface area (Å²) >= 11 is 1.72. The highest BCUT2D eigenvalue weighted by molar-refractivity contribution is 7.99. The second-order valence-corrected chi connectivity index (χ2v) is 5.92. The molecule has 4 nitrogen and oxygen atoms in total. The monoisotopic (exact) mass is 253 g/mol. The molecule has 1 N–H and O–H groups in total. The molecule has 5 heteroatoms. The highest BCUT2D eigenvalue weighted by atomic mass is 32.2. The first kappa shape index (κ1) is 11.5. The molecule has 17 heavy (non-hydrogen) atoms. The van der Waals surface area contributed by atoms with E-state index in [9.17, 15) is 0 Å². The summed E-state index contributed by atoms with van der Waals surface area (Å²) < 4.78 is 5.59. The van der Waals surface area contributed by atoms with Crippen molar-refractivity contribution in [2.24, 2.45) is 0 Å². The summed E-state index contributed by atoms with van der Waals surface area (Å²) in [7, 11) is 0. The van der Waals surface area contributed by atoms with Crippen LogP contribution in [0.2, 0.25) is 0 Å². The maximum atomic E-state index is 5.59. The Labute approximate surface area is 106 Å². The zero-order valence-electron chi connectivity index (χ0n) is 10.0. The van der Waals surface area contributed by atoms with Crippen molar-refractivity contribution < 1.29 is 4.74 Å². The summed E-state index contributed by atoms with van der Waals surface area (Å²) in [5.74, 6) is 2.71. The first-order valence-electron chi connectivity index (χ1n) is 6.58. The van der Waals surface area contributed by atoms with Crippen molar-refractivity contribution >= 4 is 11.8 Å². The van der Waals surface area contributed by atoms with Crippen LogP contribution in [0.3, 0.4) is 0 Å². The first-order chi connectivity index (χ1) is 8.42. The number of hydrogen-bond acceptors (Lipinski definition) is 4. The van der Waals surface area contributed by atoms with Gasteiger partial charge in [-0.25, -0.2) is 4.98 Å². The van der Waals surface area contributed by atoms with E-state index in [1.165, 1.54) is 38.5 Å². The summed E-state index contributed by atoms with van der Waals surface area (Å²) in [6.45, 7) is 0.923. The van der Waals surface area contributed by atoms with Gasteiger partial charge in [0.25, 0.3) is 0 Å². The predicted octanol–water partition coefficient (Wildman–Crippen LogP) is 2.73. The van der Waals surface area contributed by atoms with Gasteiger partial charge >= 0.3 is 0 Å². The van der Waals surface area contributed by atoms with Crippen molar-refractivity contribution in [3.05, 3.63) is 5.82 Å². The molecular formula is C12H19N3OS. The third-order valence-corrected chi connectivity index (χ3v) is 4.63. The molecule has 1 aromatic rings. The molecule has 1 saturated heterocycles. The SMILES string of the molecule is C1CCC(c2nc(SC[C@@H]3CCCO3)n[nH]2)C1. The number of nitrogens with one attached hydrogen (secondary N) is 1. The van der Waals surface area contributed by atoms with Gasteiger partial charge in [-0.3, -0.25) is 5.10 Å². The van der Waals surface area contributed by atoms with Crippen LogP contribution in [-0.4, -0.2) is 33.6 Å². The lowest BCUT2D eigenvalue weighted by molar-refractivity contribution is 0.129. The van der Waals surface area contributed by atoms with Crippen molar-refractivity contribution in [1.29, 1.82) is 0 Å². The molecule has 1 aliphatic carbocycles. The topological polar surface area (TPSA) is 50.8 Å². The van der Waals surface area contributed by atoms with E-state index in [2.05, 4.69) is 15.2 Å². The van der Waals surface area contributed by atoms with Crippen LogP contribution in [-0.2, 0) is 4.74 Å². The molecular weight excluding hydrogens is 234 g/mol. The lowest BCUT2D eigenvalue weighted by Gasteiger charge is -2.05. The number of aromatic nitrogens is 3. The second-order valence-electron chi connectivity index (χ2n) is 4.93. The number of rotatable bonds is 4. The van der Waals surface area contributed by atoms with Crippen LogP contribution < -0.4 is 0 Å². The Morgan fingerprint density at radius 2 is 2.12 bits per heavy atom. The Bertz CT molecular complexity index is 356. The fraction of sp³-hybridized carbons (Fsp3) is 0.833. The predicted molar refractivity (Wildman–Crippen MR) is 67.3 cm³/mol. The average molecular weight is 253 g/mol. The van der Waals surface area contributed by atoms with Crippen LogP contribution in [0, 0.1) is 0 Å². The number of hydrogen-bond donors (Lipinski definition) is 1. The molecule has 0 radical (unpaired) electrons. The summed E-state index contributed by atoms with van der Waals surface area (Å²) in [5, 5.41) is 8.28. The van der Waals surface area contributed by atoms with Crippen LogP contribution in [0.25, 0.3) is 0 Å². The van der Waals surface area contributed by atoms with Gasteiger partial charge in [-0.1, -0.05) is 24.6 Å². The molecule has 0 bridgehead atoms. The van der Waals surface area contributed by atoms with Crippen molar-refractivity contribution in [3.8, 4) is 0 Å². The Hall–Kier alpha value is -0.550. The van der Waals surface area contributed by atoms with E-state index in [0.29, 0.717) is 12.0 Å². The van der Waals surface area contributed by atoms with E-state index >= 15 is 0 Å². The molecule has 94 valence electrons. The van der Waals surface area contributed by atoms with Crippen molar-refractivity contribution in [2.75, 3.05) is 12.4 Å². The molecule has 1 aliphatic heterocycles. The second kappa shape index (κ2) is 5.40. The van der Waals surface area contributed by atoms with E-state index < -0.39 is 0 Å². The molecule has 0 amide bonds. The minimum Gasteiger partial charge on any atom is -0.377 e. The number of nitrogens with zero attached hydrogens (tertiary/aromatic N) is 2. The molecule has 1 atom stereocenters. The lowest BCUT2D eigenvalue weighted by Crippen LogP contribution is -2.07. The molecule has 0 aromatic carbocycles. The molecule has 1 aromatic heterocycles. The Morgan fingerprint density at radius 3 is 2.88 bits per heavy atom. The minimum atomic E-state index is 0.411. The summed E-state index contributed by atoms with van der Waals surface area (Å²) in [5.41, 5.74) is 0. The van der Waals surface area contributed by atoms with E-state index in [0.717, 1.165) is 23.3 Å². The average Bonchev–Trinajstić information content (AvgIpc) is 3.09. The number of H-pyrrole nitrogens is 1. The van der Waals surface area contributed by atoms with Gasteiger partial charge in [0.15, 0.2) is 0 Å². The van der Waals surface area contributed by atoms with Gasteiger partial charge in [0.1, 0.15) is 5.82 Å². The number of thioether (sulfide) groups is 1. The van der Waals surface area contributed by atoms with Crippen LogP contribution in [0.15, 0.2) is 5.16 Å². The van der Waals surface area contributed by atoms with Crippen LogP contribution >= 0.6 is 11.8 Å². The summed E-state index contributed by atoms with van der Waals surface area (Å²) in [6.07, 6.45) is 8.01. The van der Waals surface area contributed by atoms with Gasteiger partial charge in [-0.05, 0) is 25.7 Å². The number of aromatic amines is 1. The molecule has 3 rings (SSSR count). The largest absolute Gasteiger partial charge is 0.377 e. The third-order valence-electron chi connectivity index (χ3n) is 3.65. The summed E-state index contributed by atoms with van der Waals surface area (Å²) in [4.78, 5) is 4.59. The van der Waals surface area contributed by atoms with Gasteiger partial charge in [0.05, 0.1) is 6.10 Å². The van der Waals surface area contributed by atoms with E-state index in [4.69, 9.17) is 4.74 Å². The van der Waals surface area contributed by atoms with Crippen molar-refractivity contribution in [3.63, 3.8) is 0 Å². The van der Waals surface area contributed by atoms with Crippen LogP contribution in [0.1, 0.15) is 50.3 Å². The van der Waals surface area contributed by atoms with Crippen molar-refractivity contribution in [2.45, 2.75) is 55.7 Å². The van der Waals surface area contributed by atoms with Gasteiger partial charge in [-0.15, -0.1) is 5.10 Å². The molecule has 2 aliphatic rings. The quantitative estimate of drug-likeness (QED) is 0.838. The molecule has 1 saturated carbocycles. The Kier molecular flexibility index (Phi) is 3.66. The van der Waals surface area contributed by atoms with Gasteiger partial charge in [0.2, 0.25) is 5.16 Å². The molecule has 2 fully saturated rings.